The second-order valence-corrected chi connectivity index (χ2v) is 4.44. The van der Waals surface area contributed by atoms with Crippen LogP contribution in [0.15, 0.2) is 18.5 Å². The van der Waals surface area contributed by atoms with Crippen LogP contribution in [0.5, 0.6) is 0 Å². The Labute approximate surface area is 101 Å². The lowest BCUT2D eigenvalue weighted by molar-refractivity contribution is 0.767. The van der Waals surface area contributed by atoms with Crippen molar-refractivity contribution in [2.45, 2.75) is 26.7 Å². The molecular formula is C12H17N5. The van der Waals surface area contributed by atoms with Crippen molar-refractivity contribution in [3.05, 3.63) is 30.0 Å². The molecule has 0 saturated carbocycles. The fourth-order valence-electron chi connectivity index (χ4n) is 1.55. The quantitative estimate of drug-likeness (QED) is 0.881. The van der Waals surface area contributed by atoms with Crippen LogP contribution in [0.2, 0.25) is 0 Å². The Balaban J connectivity index is 2.26. The molecule has 2 aromatic heterocycles. The van der Waals surface area contributed by atoms with Gasteiger partial charge in [-0.05, 0) is 6.92 Å². The minimum atomic E-state index is 0.323. The molecule has 0 fully saturated rings. The minimum absolute atomic E-state index is 0.323. The zero-order chi connectivity index (χ0) is 12.4. The van der Waals surface area contributed by atoms with Crippen LogP contribution in [0.1, 0.15) is 31.3 Å². The molecule has 90 valence electrons. The highest BCUT2D eigenvalue weighted by molar-refractivity contribution is 5.54. The molecule has 0 saturated heterocycles. The van der Waals surface area contributed by atoms with E-state index in [0.29, 0.717) is 5.92 Å². The number of hydrogen-bond donors (Lipinski definition) is 1. The Morgan fingerprint density at radius 3 is 2.65 bits per heavy atom. The van der Waals surface area contributed by atoms with Crippen LogP contribution in [-0.2, 0) is 7.05 Å². The van der Waals surface area contributed by atoms with Crippen molar-refractivity contribution in [2.24, 2.45) is 7.05 Å². The SMILES string of the molecule is Cc1cc(Nc2cnn(C)c2)nc(C(C)C)n1. The third-order valence-electron chi connectivity index (χ3n) is 2.37. The fourth-order valence-corrected chi connectivity index (χ4v) is 1.55. The molecule has 0 spiro atoms. The normalized spacial score (nSPS) is 10.9. The zero-order valence-electron chi connectivity index (χ0n) is 10.6. The summed E-state index contributed by atoms with van der Waals surface area (Å²) >= 11 is 0. The van der Waals surface area contributed by atoms with Crippen LogP contribution in [0.25, 0.3) is 0 Å². The summed E-state index contributed by atoms with van der Waals surface area (Å²) in [6, 6.07) is 1.93. The van der Waals surface area contributed by atoms with Gasteiger partial charge in [0.1, 0.15) is 11.6 Å². The highest BCUT2D eigenvalue weighted by Gasteiger charge is 2.06. The van der Waals surface area contributed by atoms with Crippen LogP contribution < -0.4 is 5.32 Å². The Morgan fingerprint density at radius 2 is 2.06 bits per heavy atom. The summed E-state index contributed by atoms with van der Waals surface area (Å²) in [7, 11) is 1.88. The standard InChI is InChI=1S/C12H17N5/c1-8(2)12-14-9(3)5-11(16-12)15-10-6-13-17(4)7-10/h5-8H,1-4H3,(H,14,15,16). The van der Waals surface area contributed by atoms with E-state index < -0.39 is 0 Å². The highest BCUT2D eigenvalue weighted by Crippen LogP contribution is 2.17. The molecule has 1 N–H and O–H groups in total. The van der Waals surface area contributed by atoms with Gasteiger partial charge < -0.3 is 5.32 Å². The van der Waals surface area contributed by atoms with E-state index in [4.69, 9.17) is 0 Å². The Hall–Kier alpha value is -1.91. The van der Waals surface area contributed by atoms with Gasteiger partial charge in [0.25, 0.3) is 0 Å². The topological polar surface area (TPSA) is 55.6 Å². The van der Waals surface area contributed by atoms with E-state index in [2.05, 4.69) is 34.2 Å². The molecule has 0 amide bonds. The third kappa shape index (κ3) is 2.81. The van der Waals surface area contributed by atoms with Crippen molar-refractivity contribution in [1.29, 1.82) is 0 Å². The number of hydrogen-bond acceptors (Lipinski definition) is 4. The number of anilines is 2. The average Bonchev–Trinajstić information content (AvgIpc) is 2.63. The van der Waals surface area contributed by atoms with E-state index in [9.17, 15) is 0 Å². The monoisotopic (exact) mass is 231 g/mol. The average molecular weight is 231 g/mol. The van der Waals surface area contributed by atoms with Crippen LogP contribution in [-0.4, -0.2) is 19.7 Å². The predicted molar refractivity (Wildman–Crippen MR) is 67.3 cm³/mol. The van der Waals surface area contributed by atoms with Gasteiger partial charge in [0.15, 0.2) is 0 Å². The summed E-state index contributed by atoms with van der Waals surface area (Å²) in [5, 5.41) is 7.33. The van der Waals surface area contributed by atoms with Gasteiger partial charge in [0.05, 0.1) is 11.9 Å². The number of nitrogens with zero attached hydrogens (tertiary/aromatic N) is 4. The van der Waals surface area contributed by atoms with E-state index in [1.165, 1.54) is 0 Å². The van der Waals surface area contributed by atoms with Crippen molar-refractivity contribution >= 4 is 11.5 Å². The molecule has 2 rings (SSSR count). The molecule has 0 unspecified atom stereocenters. The molecule has 0 aliphatic heterocycles. The molecular weight excluding hydrogens is 214 g/mol. The Kier molecular flexibility index (Phi) is 3.08. The predicted octanol–water partition coefficient (Wildman–Crippen LogP) is 2.39. The summed E-state index contributed by atoms with van der Waals surface area (Å²) in [6.45, 7) is 6.15. The molecule has 17 heavy (non-hydrogen) atoms. The zero-order valence-corrected chi connectivity index (χ0v) is 10.6. The maximum atomic E-state index is 4.48. The maximum Gasteiger partial charge on any atom is 0.134 e. The first-order valence-electron chi connectivity index (χ1n) is 5.66. The fraction of sp³-hybridized carbons (Fsp3) is 0.417. The molecule has 0 aliphatic carbocycles. The first kappa shape index (κ1) is 11.6. The van der Waals surface area contributed by atoms with Crippen LogP contribution in [0.3, 0.4) is 0 Å². The van der Waals surface area contributed by atoms with Crippen molar-refractivity contribution in [3.63, 3.8) is 0 Å². The van der Waals surface area contributed by atoms with Crippen molar-refractivity contribution in [2.75, 3.05) is 5.32 Å². The smallest absolute Gasteiger partial charge is 0.134 e. The lowest BCUT2D eigenvalue weighted by Crippen LogP contribution is -2.03. The summed E-state index contributed by atoms with van der Waals surface area (Å²) in [4.78, 5) is 8.89. The molecule has 2 aromatic rings. The van der Waals surface area contributed by atoms with Crippen molar-refractivity contribution < 1.29 is 0 Å². The van der Waals surface area contributed by atoms with E-state index in [0.717, 1.165) is 23.0 Å². The lowest BCUT2D eigenvalue weighted by atomic mass is 10.2. The number of nitrogens with one attached hydrogen (secondary N) is 1. The van der Waals surface area contributed by atoms with E-state index in [-0.39, 0.29) is 0 Å². The van der Waals surface area contributed by atoms with Gasteiger partial charge in [-0.1, -0.05) is 13.8 Å². The Morgan fingerprint density at radius 1 is 1.29 bits per heavy atom. The summed E-state index contributed by atoms with van der Waals surface area (Å²) < 4.78 is 1.75. The van der Waals surface area contributed by atoms with Gasteiger partial charge in [0.2, 0.25) is 0 Å². The number of aromatic nitrogens is 4. The lowest BCUT2D eigenvalue weighted by Gasteiger charge is -2.08. The van der Waals surface area contributed by atoms with Crippen LogP contribution in [0, 0.1) is 6.92 Å². The molecule has 0 radical (unpaired) electrons. The second kappa shape index (κ2) is 4.53. The minimum Gasteiger partial charge on any atom is -0.338 e. The van der Waals surface area contributed by atoms with Crippen molar-refractivity contribution in [1.82, 2.24) is 19.7 Å². The molecule has 5 heteroatoms. The van der Waals surface area contributed by atoms with Gasteiger partial charge in [0, 0.05) is 30.9 Å². The summed E-state index contributed by atoms with van der Waals surface area (Å²) in [5.74, 6) is 2.00. The molecule has 0 atom stereocenters. The molecule has 0 aliphatic rings. The van der Waals surface area contributed by atoms with E-state index in [1.54, 1.807) is 10.9 Å². The first-order chi connectivity index (χ1) is 8.04. The largest absolute Gasteiger partial charge is 0.338 e. The van der Waals surface area contributed by atoms with Gasteiger partial charge in [-0.25, -0.2) is 9.97 Å². The summed E-state index contributed by atoms with van der Waals surface area (Å²) in [6.07, 6.45) is 3.68. The number of aryl methyl sites for hydroxylation is 2. The molecule has 5 nitrogen and oxygen atoms in total. The highest BCUT2D eigenvalue weighted by atomic mass is 15.3. The number of rotatable bonds is 3. The van der Waals surface area contributed by atoms with E-state index >= 15 is 0 Å². The molecule has 0 aromatic carbocycles. The van der Waals surface area contributed by atoms with Gasteiger partial charge in [-0.3, -0.25) is 4.68 Å². The van der Waals surface area contributed by atoms with Gasteiger partial charge >= 0.3 is 0 Å². The first-order valence-corrected chi connectivity index (χ1v) is 5.66. The van der Waals surface area contributed by atoms with Crippen LogP contribution >= 0.6 is 0 Å². The van der Waals surface area contributed by atoms with E-state index in [1.807, 2.05) is 26.2 Å². The molecule has 0 bridgehead atoms. The van der Waals surface area contributed by atoms with Gasteiger partial charge in [-0.15, -0.1) is 0 Å². The van der Waals surface area contributed by atoms with Gasteiger partial charge in [-0.2, -0.15) is 5.10 Å². The Bertz CT molecular complexity index is 515. The maximum absolute atomic E-state index is 4.48. The molecule has 2 heterocycles. The van der Waals surface area contributed by atoms with Crippen molar-refractivity contribution in [3.8, 4) is 0 Å². The summed E-state index contributed by atoms with van der Waals surface area (Å²) in [5.41, 5.74) is 1.90. The second-order valence-electron chi connectivity index (χ2n) is 4.44. The third-order valence-corrected chi connectivity index (χ3v) is 2.37. The van der Waals surface area contributed by atoms with Crippen LogP contribution in [0.4, 0.5) is 11.5 Å².